The predicted molar refractivity (Wildman–Crippen MR) is 113 cm³/mol. The Morgan fingerprint density at radius 3 is 2.75 bits per heavy atom. The molecule has 1 fully saturated rings. The van der Waals surface area contributed by atoms with Gasteiger partial charge in [-0.3, -0.25) is 4.68 Å². The van der Waals surface area contributed by atoms with Gasteiger partial charge in [0.1, 0.15) is 5.82 Å². The second kappa shape index (κ2) is 10.2. The van der Waals surface area contributed by atoms with Crippen LogP contribution in [0.3, 0.4) is 0 Å². The Balaban J connectivity index is 1.45. The van der Waals surface area contributed by atoms with Crippen LogP contribution in [0.1, 0.15) is 43.0 Å². The molecule has 5 heteroatoms. The predicted octanol–water partition coefficient (Wildman–Crippen LogP) is 4.13. The molecule has 154 valence electrons. The highest BCUT2D eigenvalue weighted by Crippen LogP contribution is 2.19. The fourth-order valence-electron chi connectivity index (χ4n) is 4.32. The largest absolute Gasteiger partial charge is 0.303 e. The first-order chi connectivity index (χ1) is 13.5. The minimum atomic E-state index is -0.153. The fourth-order valence-corrected chi connectivity index (χ4v) is 4.32. The second-order valence-corrected chi connectivity index (χ2v) is 8.36. The van der Waals surface area contributed by atoms with Crippen molar-refractivity contribution >= 4 is 0 Å². The number of likely N-dealkylation sites (tertiary alicyclic amines) is 1. The van der Waals surface area contributed by atoms with Crippen molar-refractivity contribution in [2.45, 2.75) is 52.6 Å². The zero-order chi connectivity index (χ0) is 19.9. The Bertz CT molecular complexity index is 725. The van der Waals surface area contributed by atoms with Gasteiger partial charge in [-0.05, 0) is 69.8 Å². The Labute approximate surface area is 169 Å². The molecule has 3 rings (SSSR count). The van der Waals surface area contributed by atoms with E-state index in [-0.39, 0.29) is 5.82 Å². The quantitative estimate of drug-likeness (QED) is 0.648. The van der Waals surface area contributed by atoms with Gasteiger partial charge in [0.2, 0.25) is 0 Å². The highest BCUT2D eigenvalue weighted by molar-refractivity contribution is 5.17. The van der Waals surface area contributed by atoms with E-state index in [1.165, 1.54) is 42.8 Å². The van der Waals surface area contributed by atoms with Gasteiger partial charge in [0.25, 0.3) is 0 Å². The first-order valence-corrected chi connectivity index (χ1v) is 10.7. The first kappa shape index (κ1) is 21.0. The molecule has 0 saturated carbocycles. The van der Waals surface area contributed by atoms with Crippen molar-refractivity contribution in [3.63, 3.8) is 0 Å². The molecule has 2 aromatic rings. The summed E-state index contributed by atoms with van der Waals surface area (Å²) in [5.41, 5.74) is 3.87. The summed E-state index contributed by atoms with van der Waals surface area (Å²) in [5, 5.41) is 4.53. The van der Waals surface area contributed by atoms with Crippen LogP contribution in [0.25, 0.3) is 0 Å². The maximum Gasteiger partial charge on any atom is 0.123 e. The van der Waals surface area contributed by atoms with Crippen LogP contribution in [0.15, 0.2) is 30.5 Å². The number of aromatic nitrogens is 2. The smallest absolute Gasteiger partial charge is 0.123 e. The Hall–Kier alpha value is -1.72. The Morgan fingerprint density at radius 1 is 1.21 bits per heavy atom. The van der Waals surface area contributed by atoms with E-state index in [1.807, 2.05) is 18.3 Å². The third-order valence-corrected chi connectivity index (χ3v) is 5.88. The summed E-state index contributed by atoms with van der Waals surface area (Å²) in [7, 11) is 2.23. The molecular formula is C23H35FN4. The lowest BCUT2D eigenvalue weighted by Gasteiger charge is -2.34. The minimum Gasteiger partial charge on any atom is -0.303 e. The summed E-state index contributed by atoms with van der Waals surface area (Å²) >= 11 is 0. The van der Waals surface area contributed by atoms with Crippen LogP contribution in [-0.2, 0) is 19.5 Å². The van der Waals surface area contributed by atoms with Gasteiger partial charge in [-0.15, -0.1) is 0 Å². The van der Waals surface area contributed by atoms with E-state index in [9.17, 15) is 4.39 Å². The Morgan fingerprint density at radius 2 is 2.00 bits per heavy atom. The molecule has 1 aromatic carbocycles. The minimum absolute atomic E-state index is 0.153. The summed E-state index contributed by atoms with van der Waals surface area (Å²) in [6.45, 7) is 10.9. The van der Waals surface area contributed by atoms with Gasteiger partial charge in [0.05, 0.1) is 6.20 Å². The van der Waals surface area contributed by atoms with E-state index < -0.39 is 0 Å². The maximum absolute atomic E-state index is 13.1. The first-order valence-electron chi connectivity index (χ1n) is 10.7. The summed E-state index contributed by atoms with van der Waals surface area (Å²) in [5.74, 6) is 0.568. The van der Waals surface area contributed by atoms with Gasteiger partial charge in [-0.2, -0.15) is 5.10 Å². The third-order valence-electron chi connectivity index (χ3n) is 5.88. The van der Waals surface area contributed by atoms with E-state index in [2.05, 4.69) is 40.5 Å². The van der Waals surface area contributed by atoms with Crippen LogP contribution < -0.4 is 0 Å². The number of hydrogen-bond donors (Lipinski definition) is 0. The van der Waals surface area contributed by atoms with Crippen molar-refractivity contribution in [3.8, 4) is 0 Å². The Kier molecular flexibility index (Phi) is 7.63. The van der Waals surface area contributed by atoms with Crippen molar-refractivity contribution in [1.82, 2.24) is 19.6 Å². The average molecular weight is 387 g/mol. The van der Waals surface area contributed by atoms with Gasteiger partial charge >= 0.3 is 0 Å². The summed E-state index contributed by atoms with van der Waals surface area (Å²) in [6.07, 6.45) is 6.74. The maximum atomic E-state index is 13.1. The molecular weight excluding hydrogens is 351 g/mol. The third kappa shape index (κ3) is 5.89. The molecule has 2 heterocycles. The summed E-state index contributed by atoms with van der Waals surface area (Å²) in [6, 6.07) is 6.94. The number of hydrogen-bond acceptors (Lipinski definition) is 3. The normalized spacial score (nSPS) is 18.1. The molecule has 1 saturated heterocycles. The van der Waals surface area contributed by atoms with E-state index in [4.69, 9.17) is 0 Å². The molecule has 0 spiro atoms. The van der Waals surface area contributed by atoms with Crippen molar-refractivity contribution in [1.29, 1.82) is 0 Å². The SMILES string of the molecule is CCCn1ncc(CN(C)C[C@@H]2CCCN(CCc3ccc(F)cc3)C2)c1C. The molecule has 0 N–H and O–H groups in total. The number of rotatable bonds is 9. The standard InChI is InChI=1S/C23H35FN4/c1-4-12-28-19(2)22(15-25-28)18-26(3)16-21-6-5-13-27(17-21)14-11-20-7-9-23(24)10-8-20/h7-10,15,21H,4-6,11-14,16-18H2,1-3H3/t21-/m0/s1. The molecule has 28 heavy (non-hydrogen) atoms. The van der Waals surface area contributed by atoms with Crippen LogP contribution >= 0.6 is 0 Å². The van der Waals surface area contributed by atoms with Crippen LogP contribution in [0, 0.1) is 18.7 Å². The molecule has 1 atom stereocenters. The van der Waals surface area contributed by atoms with E-state index in [0.29, 0.717) is 0 Å². The molecule has 4 nitrogen and oxygen atoms in total. The molecule has 0 bridgehead atoms. The summed E-state index contributed by atoms with van der Waals surface area (Å²) < 4.78 is 15.2. The molecule has 0 amide bonds. The van der Waals surface area contributed by atoms with Gasteiger partial charge in [0.15, 0.2) is 0 Å². The van der Waals surface area contributed by atoms with E-state index >= 15 is 0 Å². The average Bonchev–Trinajstić information content (AvgIpc) is 3.02. The monoisotopic (exact) mass is 386 g/mol. The lowest BCUT2D eigenvalue weighted by molar-refractivity contribution is 0.142. The molecule has 1 aromatic heterocycles. The zero-order valence-corrected chi connectivity index (χ0v) is 17.7. The molecule has 0 radical (unpaired) electrons. The molecule has 1 aliphatic heterocycles. The lowest BCUT2D eigenvalue weighted by Crippen LogP contribution is -2.40. The zero-order valence-electron chi connectivity index (χ0n) is 17.7. The van der Waals surface area contributed by atoms with Crippen LogP contribution in [0.2, 0.25) is 0 Å². The van der Waals surface area contributed by atoms with Gasteiger partial charge in [0, 0.05) is 44.0 Å². The number of piperidine rings is 1. The van der Waals surface area contributed by atoms with Crippen LogP contribution in [-0.4, -0.2) is 52.8 Å². The van der Waals surface area contributed by atoms with E-state index in [1.54, 1.807) is 12.1 Å². The molecule has 1 aliphatic rings. The van der Waals surface area contributed by atoms with Gasteiger partial charge in [-0.25, -0.2) is 4.39 Å². The van der Waals surface area contributed by atoms with Crippen LogP contribution in [0.5, 0.6) is 0 Å². The second-order valence-electron chi connectivity index (χ2n) is 8.36. The molecule has 0 unspecified atom stereocenters. The lowest BCUT2D eigenvalue weighted by atomic mass is 9.97. The topological polar surface area (TPSA) is 24.3 Å². The van der Waals surface area contributed by atoms with Gasteiger partial charge in [-0.1, -0.05) is 19.1 Å². The van der Waals surface area contributed by atoms with Gasteiger partial charge < -0.3 is 9.80 Å². The summed E-state index contributed by atoms with van der Waals surface area (Å²) in [4.78, 5) is 5.03. The van der Waals surface area contributed by atoms with Crippen LogP contribution in [0.4, 0.5) is 4.39 Å². The number of halogens is 1. The van der Waals surface area contributed by atoms with Crippen molar-refractivity contribution in [3.05, 3.63) is 53.1 Å². The van der Waals surface area contributed by atoms with E-state index in [0.717, 1.165) is 44.9 Å². The number of aryl methyl sites for hydroxylation is 1. The highest BCUT2D eigenvalue weighted by atomic mass is 19.1. The van der Waals surface area contributed by atoms with Crippen molar-refractivity contribution in [2.75, 3.05) is 33.2 Å². The molecule has 0 aliphatic carbocycles. The van der Waals surface area contributed by atoms with Crippen molar-refractivity contribution < 1.29 is 4.39 Å². The number of nitrogens with zero attached hydrogens (tertiary/aromatic N) is 4. The van der Waals surface area contributed by atoms with Crippen molar-refractivity contribution in [2.24, 2.45) is 5.92 Å². The fraction of sp³-hybridized carbons (Fsp3) is 0.609. The number of benzene rings is 1. The highest BCUT2D eigenvalue weighted by Gasteiger charge is 2.21.